The molecule has 0 bridgehead atoms. The molecule has 0 spiro atoms. The van der Waals surface area contributed by atoms with Crippen molar-refractivity contribution < 1.29 is 9.59 Å². The van der Waals surface area contributed by atoms with Crippen LogP contribution in [0.4, 0.5) is 0 Å². The Morgan fingerprint density at radius 3 is 2.62 bits per heavy atom. The summed E-state index contributed by atoms with van der Waals surface area (Å²) in [6.45, 7) is 4.10. The molecule has 6 heteroatoms. The van der Waals surface area contributed by atoms with Gasteiger partial charge in [0.2, 0.25) is 5.91 Å². The molecule has 3 rings (SSSR count). The smallest absolute Gasteiger partial charge is 0.272 e. The van der Waals surface area contributed by atoms with Gasteiger partial charge < -0.3 is 10.6 Å². The Kier molecular flexibility index (Phi) is 4.38. The van der Waals surface area contributed by atoms with Crippen LogP contribution in [0.2, 0.25) is 0 Å². The summed E-state index contributed by atoms with van der Waals surface area (Å²) in [5.74, 6) is -0.497. The van der Waals surface area contributed by atoms with E-state index < -0.39 is 0 Å². The number of benzene rings is 1. The van der Waals surface area contributed by atoms with Crippen molar-refractivity contribution in [3.63, 3.8) is 0 Å². The van der Waals surface area contributed by atoms with Gasteiger partial charge in [-0.05, 0) is 49.9 Å². The lowest BCUT2D eigenvalue weighted by Gasteiger charge is -2.05. The molecule has 1 heterocycles. The molecule has 6 nitrogen and oxygen atoms in total. The highest BCUT2D eigenvalue weighted by molar-refractivity contribution is 5.95. The van der Waals surface area contributed by atoms with Crippen LogP contribution in [0.5, 0.6) is 0 Å². The van der Waals surface area contributed by atoms with Gasteiger partial charge in [-0.3, -0.25) is 14.3 Å². The molecule has 24 heavy (non-hydrogen) atoms. The van der Waals surface area contributed by atoms with Crippen LogP contribution in [0.25, 0.3) is 11.3 Å². The molecular formula is C18H22N4O2. The Morgan fingerprint density at radius 1 is 1.21 bits per heavy atom. The van der Waals surface area contributed by atoms with Gasteiger partial charge in [-0.15, -0.1) is 0 Å². The van der Waals surface area contributed by atoms with Crippen molar-refractivity contribution >= 4 is 11.8 Å². The van der Waals surface area contributed by atoms with Gasteiger partial charge in [0.05, 0.1) is 12.2 Å². The number of hydrogen-bond acceptors (Lipinski definition) is 3. The van der Waals surface area contributed by atoms with E-state index in [0.717, 1.165) is 24.1 Å². The van der Waals surface area contributed by atoms with Crippen molar-refractivity contribution in [1.29, 1.82) is 0 Å². The van der Waals surface area contributed by atoms with Gasteiger partial charge in [-0.25, -0.2) is 0 Å². The van der Waals surface area contributed by atoms with Crippen LogP contribution in [0.15, 0.2) is 24.3 Å². The van der Waals surface area contributed by atoms with Gasteiger partial charge in [-0.2, -0.15) is 5.10 Å². The molecule has 1 aromatic heterocycles. The van der Waals surface area contributed by atoms with Gasteiger partial charge in [-0.1, -0.05) is 12.1 Å². The first-order valence-electron chi connectivity index (χ1n) is 8.13. The zero-order valence-electron chi connectivity index (χ0n) is 14.2. The second kappa shape index (κ2) is 6.47. The minimum Gasteiger partial charge on any atom is -0.352 e. The molecule has 1 aliphatic rings. The molecular weight excluding hydrogens is 304 g/mol. The minimum absolute atomic E-state index is 0.0229. The van der Waals surface area contributed by atoms with E-state index in [0.29, 0.717) is 11.7 Å². The maximum absolute atomic E-state index is 12.2. The first-order chi connectivity index (χ1) is 11.4. The number of aryl methyl sites for hydroxylation is 3. The van der Waals surface area contributed by atoms with Crippen molar-refractivity contribution in [2.45, 2.75) is 32.7 Å². The van der Waals surface area contributed by atoms with Crippen molar-refractivity contribution in [3.05, 3.63) is 41.1 Å². The number of nitrogens with one attached hydrogen (secondary N) is 2. The summed E-state index contributed by atoms with van der Waals surface area (Å²) in [7, 11) is 1.81. The maximum Gasteiger partial charge on any atom is 0.272 e. The topological polar surface area (TPSA) is 76.0 Å². The molecule has 0 aliphatic heterocycles. The fourth-order valence-corrected chi connectivity index (χ4v) is 2.51. The van der Waals surface area contributed by atoms with Crippen molar-refractivity contribution in [2.24, 2.45) is 7.05 Å². The summed E-state index contributed by atoms with van der Waals surface area (Å²) in [5, 5.41) is 9.72. The quantitative estimate of drug-likeness (QED) is 0.878. The number of carbonyl (C=O) groups is 2. The monoisotopic (exact) mass is 326 g/mol. The predicted molar refractivity (Wildman–Crippen MR) is 91.6 cm³/mol. The lowest BCUT2D eigenvalue weighted by atomic mass is 10.0. The number of nitrogens with zero attached hydrogens (tertiary/aromatic N) is 2. The normalized spacial score (nSPS) is 13.6. The number of hydrogen-bond donors (Lipinski definition) is 2. The van der Waals surface area contributed by atoms with Gasteiger partial charge in [0.1, 0.15) is 0 Å². The Bertz CT molecular complexity index is 790. The molecule has 0 atom stereocenters. The van der Waals surface area contributed by atoms with E-state index >= 15 is 0 Å². The van der Waals surface area contributed by atoms with E-state index in [1.165, 1.54) is 11.1 Å². The Balaban J connectivity index is 1.69. The zero-order chi connectivity index (χ0) is 17.3. The summed E-state index contributed by atoms with van der Waals surface area (Å²) >= 11 is 0. The Labute approximate surface area is 141 Å². The highest BCUT2D eigenvalue weighted by Crippen LogP contribution is 2.22. The molecule has 2 amide bonds. The number of amides is 2. The largest absolute Gasteiger partial charge is 0.352 e. The molecule has 2 aromatic rings. The lowest BCUT2D eigenvalue weighted by molar-refractivity contribution is -0.120. The Hall–Kier alpha value is -2.63. The Morgan fingerprint density at radius 2 is 1.96 bits per heavy atom. The van der Waals surface area contributed by atoms with Gasteiger partial charge in [0, 0.05) is 18.7 Å². The first kappa shape index (κ1) is 16.2. The summed E-state index contributed by atoms with van der Waals surface area (Å²) in [5.41, 5.74) is 4.60. The van der Waals surface area contributed by atoms with Gasteiger partial charge in [0.15, 0.2) is 5.69 Å². The van der Waals surface area contributed by atoms with Crippen LogP contribution < -0.4 is 10.6 Å². The van der Waals surface area contributed by atoms with E-state index in [-0.39, 0.29) is 18.4 Å². The molecule has 126 valence electrons. The van der Waals surface area contributed by atoms with Crippen molar-refractivity contribution in [3.8, 4) is 11.3 Å². The average Bonchev–Trinajstić information content (AvgIpc) is 3.27. The third-order valence-electron chi connectivity index (χ3n) is 4.27. The van der Waals surface area contributed by atoms with E-state index in [1.807, 2.05) is 6.07 Å². The fraction of sp³-hybridized carbons (Fsp3) is 0.389. The van der Waals surface area contributed by atoms with Crippen LogP contribution in [-0.4, -0.2) is 34.2 Å². The van der Waals surface area contributed by atoms with E-state index in [2.05, 4.69) is 41.7 Å². The van der Waals surface area contributed by atoms with E-state index in [1.54, 1.807) is 17.8 Å². The maximum atomic E-state index is 12.2. The minimum atomic E-state index is -0.341. The lowest BCUT2D eigenvalue weighted by Crippen LogP contribution is -2.38. The second-order valence-electron chi connectivity index (χ2n) is 6.36. The molecule has 1 fully saturated rings. The average molecular weight is 326 g/mol. The standard InChI is InChI=1S/C18H22N4O2/c1-11-4-5-13(8-12(11)2)16-9-15(21-22(16)3)18(24)19-10-17(23)20-14-6-7-14/h4-5,8-9,14H,6-7,10H2,1-3H3,(H,19,24)(H,20,23). The molecule has 2 N–H and O–H groups in total. The van der Waals surface area contributed by atoms with Crippen molar-refractivity contribution in [2.75, 3.05) is 6.54 Å². The van der Waals surface area contributed by atoms with Crippen LogP contribution in [-0.2, 0) is 11.8 Å². The van der Waals surface area contributed by atoms with Gasteiger partial charge in [0.25, 0.3) is 5.91 Å². The summed E-state index contributed by atoms with van der Waals surface area (Å²) in [6, 6.07) is 8.19. The molecule has 0 saturated heterocycles. The van der Waals surface area contributed by atoms with E-state index in [9.17, 15) is 9.59 Å². The highest BCUT2D eigenvalue weighted by Gasteiger charge is 2.23. The van der Waals surface area contributed by atoms with Crippen LogP contribution >= 0.6 is 0 Å². The van der Waals surface area contributed by atoms with Gasteiger partial charge >= 0.3 is 0 Å². The van der Waals surface area contributed by atoms with Crippen LogP contribution in [0.3, 0.4) is 0 Å². The van der Waals surface area contributed by atoms with E-state index in [4.69, 9.17) is 0 Å². The van der Waals surface area contributed by atoms with Crippen LogP contribution in [0, 0.1) is 13.8 Å². The second-order valence-corrected chi connectivity index (χ2v) is 6.36. The molecule has 1 saturated carbocycles. The summed E-state index contributed by atoms with van der Waals surface area (Å²) in [4.78, 5) is 23.8. The van der Waals surface area contributed by atoms with Crippen LogP contribution in [0.1, 0.15) is 34.5 Å². The summed E-state index contributed by atoms with van der Waals surface area (Å²) < 4.78 is 1.68. The third kappa shape index (κ3) is 3.64. The molecule has 0 unspecified atom stereocenters. The van der Waals surface area contributed by atoms with Crippen molar-refractivity contribution in [1.82, 2.24) is 20.4 Å². The molecule has 1 aromatic carbocycles. The molecule has 1 aliphatic carbocycles. The zero-order valence-corrected chi connectivity index (χ0v) is 14.2. The fourth-order valence-electron chi connectivity index (χ4n) is 2.51. The SMILES string of the molecule is Cc1ccc(-c2cc(C(=O)NCC(=O)NC3CC3)nn2C)cc1C. The number of aromatic nitrogens is 2. The summed E-state index contributed by atoms with van der Waals surface area (Å²) in [6.07, 6.45) is 2.05. The first-order valence-corrected chi connectivity index (χ1v) is 8.13. The third-order valence-corrected chi connectivity index (χ3v) is 4.27. The highest BCUT2D eigenvalue weighted by atomic mass is 16.2. The number of rotatable bonds is 5. The molecule has 0 radical (unpaired) electrons. The predicted octanol–water partition coefficient (Wildman–Crippen LogP) is 1.71. The number of carbonyl (C=O) groups excluding carboxylic acids is 2.